The van der Waals surface area contributed by atoms with Gasteiger partial charge in [0.1, 0.15) is 12.4 Å². The van der Waals surface area contributed by atoms with Crippen LogP contribution in [0.25, 0.3) is 22.2 Å². The zero-order valence-corrected chi connectivity index (χ0v) is 13.9. The molecule has 1 aromatic heterocycles. The van der Waals surface area contributed by atoms with Gasteiger partial charge in [0.15, 0.2) is 5.43 Å². The summed E-state index contributed by atoms with van der Waals surface area (Å²) in [7, 11) is 0. The van der Waals surface area contributed by atoms with Crippen LogP contribution in [0.2, 0.25) is 0 Å². The van der Waals surface area contributed by atoms with Crippen LogP contribution in [0.5, 0.6) is 5.75 Å². The van der Waals surface area contributed by atoms with Crippen molar-refractivity contribution < 1.29 is 13.5 Å². The lowest BCUT2D eigenvalue weighted by atomic mass is 9.99. The van der Waals surface area contributed by atoms with Crippen molar-refractivity contribution in [2.75, 3.05) is 18.0 Å². The molecule has 5 rings (SSSR count). The number of fused-ring (bicyclic) bond motifs is 4. The molecular weight excluding hydrogens is 338 g/mol. The lowest BCUT2D eigenvalue weighted by Crippen LogP contribution is -2.25. The number of H-pyrrole nitrogens is 1. The monoisotopic (exact) mass is 354 g/mol. The fourth-order valence-corrected chi connectivity index (χ4v) is 3.78. The Bertz CT molecular complexity index is 1090. The van der Waals surface area contributed by atoms with E-state index in [1.54, 1.807) is 17.0 Å². The largest absolute Gasteiger partial charge is 0.488 e. The van der Waals surface area contributed by atoms with Crippen LogP contribution in [0.15, 0.2) is 47.3 Å². The van der Waals surface area contributed by atoms with Gasteiger partial charge in [-0.05, 0) is 24.3 Å². The summed E-state index contributed by atoms with van der Waals surface area (Å²) in [5.74, 6) is -2.04. The molecule has 1 fully saturated rings. The zero-order chi connectivity index (χ0) is 17.9. The molecule has 132 valence electrons. The Labute approximate surface area is 148 Å². The van der Waals surface area contributed by atoms with E-state index >= 15 is 0 Å². The van der Waals surface area contributed by atoms with E-state index in [4.69, 9.17) is 4.74 Å². The maximum atomic E-state index is 13.5. The number of ether oxygens (including phenoxy) is 1. The highest BCUT2D eigenvalue weighted by Crippen LogP contribution is 2.40. The third-order valence-electron chi connectivity index (χ3n) is 5.15. The van der Waals surface area contributed by atoms with E-state index in [1.807, 2.05) is 30.3 Å². The number of hydrogen-bond donors (Lipinski definition) is 1. The lowest BCUT2D eigenvalue weighted by Gasteiger charge is -2.24. The number of benzene rings is 2. The van der Waals surface area contributed by atoms with Crippen LogP contribution in [0, 0.1) is 0 Å². The Hall–Kier alpha value is -2.89. The summed E-state index contributed by atoms with van der Waals surface area (Å²) >= 11 is 0. The maximum Gasteiger partial charge on any atom is 0.266 e. The van der Waals surface area contributed by atoms with Gasteiger partial charge in [-0.3, -0.25) is 4.79 Å². The van der Waals surface area contributed by atoms with Crippen LogP contribution in [0.4, 0.5) is 14.5 Å². The first-order valence-corrected chi connectivity index (χ1v) is 8.56. The number of alkyl halides is 2. The molecule has 0 bridgehead atoms. The Morgan fingerprint density at radius 3 is 2.81 bits per heavy atom. The van der Waals surface area contributed by atoms with Crippen LogP contribution >= 0.6 is 0 Å². The number of halogens is 2. The Morgan fingerprint density at radius 1 is 1.15 bits per heavy atom. The van der Waals surface area contributed by atoms with Crippen molar-refractivity contribution in [3.63, 3.8) is 0 Å². The molecule has 0 spiro atoms. The summed E-state index contributed by atoms with van der Waals surface area (Å²) in [6, 6.07) is 12.8. The van der Waals surface area contributed by atoms with Crippen LogP contribution in [0.3, 0.4) is 0 Å². The molecule has 6 heteroatoms. The van der Waals surface area contributed by atoms with Gasteiger partial charge in [0.25, 0.3) is 5.92 Å². The summed E-state index contributed by atoms with van der Waals surface area (Å²) in [5, 5.41) is 0.634. The molecule has 0 radical (unpaired) electrons. The lowest BCUT2D eigenvalue weighted by molar-refractivity contribution is 0.0257. The molecular formula is C20H16F2N2O2. The number of nitrogens with zero attached hydrogens (tertiary/aromatic N) is 1. The van der Waals surface area contributed by atoms with Gasteiger partial charge in [-0.1, -0.05) is 12.1 Å². The van der Waals surface area contributed by atoms with E-state index in [-0.39, 0.29) is 25.0 Å². The molecule has 0 saturated carbocycles. The van der Waals surface area contributed by atoms with Crippen LogP contribution in [-0.4, -0.2) is 24.0 Å². The van der Waals surface area contributed by atoms with Gasteiger partial charge in [0, 0.05) is 41.2 Å². The van der Waals surface area contributed by atoms with Crippen LogP contribution in [0.1, 0.15) is 12.0 Å². The maximum absolute atomic E-state index is 13.5. The minimum Gasteiger partial charge on any atom is -0.488 e. The number of rotatable bonds is 1. The summed E-state index contributed by atoms with van der Waals surface area (Å²) in [4.78, 5) is 17.7. The number of hydrogen-bond acceptors (Lipinski definition) is 3. The van der Waals surface area contributed by atoms with E-state index in [9.17, 15) is 13.6 Å². The number of pyridine rings is 1. The van der Waals surface area contributed by atoms with E-state index in [1.165, 1.54) is 0 Å². The van der Waals surface area contributed by atoms with Gasteiger partial charge in [-0.25, -0.2) is 8.78 Å². The average Bonchev–Trinajstić information content (AvgIpc) is 3.01. The van der Waals surface area contributed by atoms with E-state index in [0.29, 0.717) is 28.9 Å². The molecule has 0 unspecified atom stereocenters. The fraction of sp³-hybridized carbons (Fsp3) is 0.250. The standard InChI is InChI=1S/C20H16F2N2O2/c21-20(22)7-8-24(11-20)12-5-6-14-17(9-12)26-10-15-18(14)23-16-4-2-1-3-13(16)19(15)25/h1-6,9H,7-8,10-11H2,(H,23,25). The first-order valence-electron chi connectivity index (χ1n) is 8.56. The van der Waals surface area contributed by atoms with Crippen molar-refractivity contribution in [2.24, 2.45) is 0 Å². The highest BCUT2D eigenvalue weighted by atomic mass is 19.3. The molecule has 2 aliphatic heterocycles. The molecule has 0 aliphatic carbocycles. The molecule has 1 saturated heterocycles. The van der Waals surface area contributed by atoms with Gasteiger partial charge >= 0.3 is 0 Å². The van der Waals surface area contributed by atoms with Crippen molar-refractivity contribution in [1.82, 2.24) is 4.98 Å². The molecule has 3 aromatic rings. The van der Waals surface area contributed by atoms with Gasteiger partial charge < -0.3 is 14.6 Å². The summed E-state index contributed by atoms with van der Waals surface area (Å²) < 4.78 is 32.8. The second-order valence-electron chi connectivity index (χ2n) is 6.85. The van der Waals surface area contributed by atoms with Gasteiger partial charge in [0.05, 0.1) is 17.8 Å². The van der Waals surface area contributed by atoms with Gasteiger partial charge in [-0.2, -0.15) is 0 Å². The minimum absolute atomic E-state index is 0.0386. The molecule has 4 nitrogen and oxygen atoms in total. The predicted molar refractivity (Wildman–Crippen MR) is 96.1 cm³/mol. The van der Waals surface area contributed by atoms with Crippen molar-refractivity contribution >= 4 is 16.6 Å². The number of anilines is 1. The van der Waals surface area contributed by atoms with Gasteiger partial charge in [0.2, 0.25) is 0 Å². The average molecular weight is 354 g/mol. The smallest absolute Gasteiger partial charge is 0.266 e. The van der Waals surface area contributed by atoms with Gasteiger partial charge in [-0.15, -0.1) is 0 Å². The highest BCUT2D eigenvalue weighted by Gasteiger charge is 2.38. The highest BCUT2D eigenvalue weighted by molar-refractivity contribution is 5.85. The SMILES string of the molecule is O=c1c2c([nH]c3ccccc13)-c1ccc(N3CCC(F)(F)C3)cc1OC2. The minimum atomic E-state index is -2.65. The number of aromatic amines is 1. The Kier molecular flexibility index (Phi) is 3.13. The Morgan fingerprint density at radius 2 is 2.00 bits per heavy atom. The Balaban J connectivity index is 1.62. The molecule has 1 N–H and O–H groups in total. The molecule has 0 amide bonds. The molecule has 0 atom stereocenters. The van der Waals surface area contributed by atoms with Crippen molar-refractivity contribution in [3.8, 4) is 17.0 Å². The third-order valence-corrected chi connectivity index (χ3v) is 5.15. The molecule has 2 aromatic carbocycles. The normalized spacial score (nSPS) is 17.7. The summed E-state index contributed by atoms with van der Waals surface area (Å²) in [6.45, 7) is 0.218. The van der Waals surface area contributed by atoms with Crippen molar-refractivity contribution in [3.05, 3.63) is 58.3 Å². The number of aromatic nitrogens is 1. The second kappa shape index (κ2) is 5.30. The topological polar surface area (TPSA) is 45.3 Å². The molecule has 26 heavy (non-hydrogen) atoms. The number of nitrogens with one attached hydrogen (secondary N) is 1. The quantitative estimate of drug-likeness (QED) is 0.720. The number of para-hydroxylation sites is 1. The van der Waals surface area contributed by atoms with Crippen LogP contribution in [-0.2, 0) is 6.61 Å². The third kappa shape index (κ3) is 2.29. The van der Waals surface area contributed by atoms with Crippen molar-refractivity contribution in [2.45, 2.75) is 19.0 Å². The zero-order valence-electron chi connectivity index (χ0n) is 13.9. The summed E-state index contributed by atoms with van der Waals surface area (Å²) in [5.41, 5.74) is 3.57. The predicted octanol–water partition coefficient (Wildman–Crippen LogP) is 3.93. The molecule has 2 aliphatic rings. The van der Waals surface area contributed by atoms with E-state index < -0.39 is 5.92 Å². The second-order valence-corrected chi connectivity index (χ2v) is 6.85. The molecule has 3 heterocycles. The van der Waals surface area contributed by atoms with Crippen LogP contribution < -0.4 is 15.1 Å². The van der Waals surface area contributed by atoms with E-state index in [0.717, 1.165) is 16.8 Å². The van der Waals surface area contributed by atoms with Crippen molar-refractivity contribution in [1.29, 1.82) is 0 Å². The van der Waals surface area contributed by atoms with E-state index in [2.05, 4.69) is 4.98 Å². The first-order chi connectivity index (χ1) is 12.5. The fourth-order valence-electron chi connectivity index (χ4n) is 3.78. The summed E-state index contributed by atoms with van der Waals surface area (Å²) in [6.07, 6.45) is -0.132. The first kappa shape index (κ1) is 15.4.